The Hall–Kier alpha value is -2.74. The Morgan fingerprint density at radius 3 is 2.39 bits per heavy atom. The molecule has 1 saturated heterocycles. The summed E-state index contributed by atoms with van der Waals surface area (Å²) < 4.78 is 48.6. The number of carbonyl (C=O) groups is 1. The number of hydrogen-bond acceptors (Lipinski definition) is 9. The molecule has 1 aliphatic rings. The molecule has 1 fully saturated rings. The number of ether oxygens (including phenoxy) is 4. The van der Waals surface area contributed by atoms with E-state index in [9.17, 15) is 18.3 Å². The van der Waals surface area contributed by atoms with E-state index in [0.29, 0.717) is 12.2 Å². The minimum atomic E-state index is -4.17. The molecule has 2 aromatic rings. The lowest BCUT2D eigenvalue weighted by molar-refractivity contribution is -0.152. The minimum absolute atomic E-state index is 0.0296. The summed E-state index contributed by atoms with van der Waals surface area (Å²) in [7, 11) is -2.68. The highest BCUT2D eigenvalue weighted by molar-refractivity contribution is 7.89. The van der Waals surface area contributed by atoms with Gasteiger partial charge in [-0.1, -0.05) is 41.7 Å². The maximum absolute atomic E-state index is 13.5. The fraction of sp³-hybridized carbons (Fsp3) is 0.500. The summed E-state index contributed by atoms with van der Waals surface area (Å²) in [6, 6.07) is 14.2. The summed E-state index contributed by atoms with van der Waals surface area (Å²) in [5.74, 6) is 0.498. The second kappa shape index (κ2) is 14.4. The Balaban J connectivity index is 1.81. The fourth-order valence-electron chi connectivity index (χ4n) is 3.64. The van der Waals surface area contributed by atoms with E-state index in [1.54, 1.807) is 6.92 Å². The van der Waals surface area contributed by atoms with Crippen LogP contribution in [0.4, 0.5) is 4.79 Å². The lowest BCUT2D eigenvalue weighted by Gasteiger charge is -2.31. The molecule has 12 heteroatoms. The fourth-order valence-corrected chi connectivity index (χ4v) is 4.96. The average molecular weight is 553 g/mol. The molecule has 1 aliphatic heterocycles. The second-order valence-electron chi connectivity index (χ2n) is 8.88. The van der Waals surface area contributed by atoms with Gasteiger partial charge in [0.1, 0.15) is 12.5 Å². The number of nitrogens with one attached hydrogen (secondary N) is 1. The maximum atomic E-state index is 13.5. The Labute approximate surface area is 223 Å². The van der Waals surface area contributed by atoms with Gasteiger partial charge >= 0.3 is 6.09 Å². The molecule has 38 heavy (non-hydrogen) atoms. The number of hydroxylamine groups is 1. The number of carbonyl (C=O) groups excluding carboxylic acids is 1. The number of rotatable bonds is 13. The van der Waals surface area contributed by atoms with E-state index < -0.39 is 47.0 Å². The molecule has 0 saturated carbocycles. The summed E-state index contributed by atoms with van der Waals surface area (Å²) in [5, 5.41) is 13.9. The van der Waals surface area contributed by atoms with Gasteiger partial charge in [0.25, 0.3) is 10.0 Å². The monoisotopic (exact) mass is 552 g/mol. The molecule has 0 aliphatic carbocycles. The zero-order valence-corrected chi connectivity index (χ0v) is 22.6. The van der Waals surface area contributed by atoms with Gasteiger partial charge in [0.05, 0.1) is 50.0 Å². The van der Waals surface area contributed by atoms with Crippen molar-refractivity contribution in [2.24, 2.45) is 0 Å². The molecule has 3 atom stereocenters. The van der Waals surface area contributed by atoms with Gasteiger partial charge in [-0.05, 0) is 49.6 Å². The number of amides is 1. The average Bonchev–Trinajstić information content (AvgIpc) is 2.93. The molecule has 0 aromatic heterocycles. The lowest BCUT2D eigenvalue weighted by Crippen LogP contribution is -2.52. The first-order valence-corrected chi connectivity index (χ1v) is 13.8. The zero-order chi connectivity index (χ0) is 27.5. The Morgan fingerprint density at radius 1 is 1.13 bits per heavy atom. The molecule has 0 radical (unpaired) electrons. The van der Waals surface area contributed by atoms with Crippen LogP contribution in [-0.4, -0.2) is 82.1 Å². The third-order valence-corrected chi connectivity index (χ3v) is 7.59. The van der Waals surface area contributed by atoms with Crippen LogP contribution in [0.3, 0.4) is 0 Å². The number of alkyl carbamates (subject to hydrolysis) is 1. The van der Waals surface area contributed by atoms with E-state index in [1.807, 2.05) is 37.3 Å². The van der Waals surface area contributed by atoms with E-state index in [2.05, 4.69) is 5.32 Å². The smallest absolute Gasteiger partial charge is 0.407 e. The van der Waals surface area contributed by atoms with Gasteiger partial charge in [-0.3, -0.25) is 4.84 Å². The first-order valence-electron chi connectivity index (χ1n) is 12.4. The van der Waals surface area contributed by atoms with Crippen LogP contribution in [0.25, 0.3) is 0 Å². The molecule has 0 spiro atoms. The molecule has 1 amide bonds. The van der Waals surface area contributed by atoms with E-state index in [-0.39, 0.29) is 31.3 Å². The third-order valence-electron chi connectivity index (χ3n) is 5.95. The van der Waals surface area contributed by atoms with Gasteiger partial charge in [-0.25, -0.2) is 13.2 Å². The molecule has 3 rings (SSSR count). The molecule has 1 unspecified atom stereocenters. The van der Waals surface area contributed by atoms with Crippen LogP contribution in [0.2, 0.25) is 0 Å². The summed E-state index contributed by atoms with van der Waals surface area (Å²) >= 11 is 0. The summed E-state index contributed by atoms with van der Waals surface area (Å²) in [6.07, 6.45) is -2.43. The number of sulfonamides is 1. The van der Waals surface area contributed by atoms with Gasteiger partial charge in [-0.15, -0.1) is 0 Å². The highest BCUT2D eigenvalue weighted by atomic mass is 32.2. The predicted molar refractivity (Wildman–Crippen MR) is 138 cm³/mol. The number of aliphatic hydroxyl groups excluding tert-OH is 1. The van der Waals surface area contributed by atoms with Crippen molar-refractivity contribution < 1.29 is 42.1 Å². The Morgan fingerprint density at radius 2 is 1.79 bits per heavy atom. The molecule has 210 valence electrons. The van der Waals surface area contributed by atoms with Crippen LogP contribution in [0.15, 0.2) is 59.5 Å². The van der Waals surface area contributed by atoms with Gasteiger partial charge in [0.15, 0.2) is 6.10 Å². The summed E-state index contributed by atoms with van der Waals surface area (Å²) in [4.78, 5) is 18.4. The molecule has 2 N–H and O–H groups in total. The first kappa shape index (κ1) is 29.8. The third kappa shape index (κ3) is 8.65. The van der Waals surface area contributed by atoms with Crippen molar-refractivity contribution in [3.05, 3.63) is 60.2 Å². The predicted octanol–water partition coefficient (Wildman–Crippen LogP) is 2.49. The van der Waals surface area contributed by atoms with Crippen LogP contribution < -0.4 is 10.1 Å². The Kier molecular flexibility index (Phi) is 11.3. The zero-order valence-electron chi connectivity index (χ0n) is 21.8. The van der Waals surface area contributed by atoms with Crippen molar-refractivity contribution in [3.8, 4) is 5.75 Å². The second-order valence-corrected chi connectivity index (χ2v) is 10.7. The van der Waals surface area contributed by atoms with Crippen LogP contribution in [0, 0.1) is 0 Å². The topological polar surface area (TPSA) is 133 Å². The van der Waals surface area contributed by atoms with Crippen molar-refractivity contribution in [1.82, 2.24) is 9.79 Å². The number of hydrogen-bond donors (Lipinski definition) is 2. The summed E-state index contributed by atoms with van der Waals surface area (Å²) in [5.41, 5.74) is 0.827. The number of aliphatic hydroxyl groups is 1. The van der Waals surface area contributed by atoms with E-state index in [4.69, 9.17) is 23.8 Å². The molecule has 2 aromatic carbocycles. The van der Waals surface area contributed by atoms with Gasteiger partial charge in [-0.2, -0.15) is 0 Å². The molecular weight excluding hydrogens is 516 g/mol. The first-order chi connectivity index (χ1) is 18.2. The molecule has 0 bridgehead atoms. The Bertz CT molecular complexity index is 1090. The van der Waals surface area contributed by atoms with Crippen molar-refractivity contribution in [2.75, 3.05) is 33.7 Å². The standard InChI is InChI=1S/C26H36N2O9S/c1-4-19(2)37-28(38(31,32)23-12-10-21(33-3)11-13-23)15-25(29)24(14-20-8-6-5-7-9-20)27-26(30)36-22-16-34-18-35-17-22/h5-13,19,22,24-25,29H,4,14-18H2,1-3H3,(H,27,30)/t19?,24-,25+/m0/s1. The van der Waals surface area contributed by atoms with E-state index in [1.165, 1.54) is 31.4 Å². The minimum Gasteiger partial charge on any atom is -0.497 e. The highest BCUT2D eigenvalue weighted by Gasteiger charge is 2.33. The number of nitrogens with zero attached hydrogens (tertiary/aromatic N) is 1. The maximum Gasteiger partial charge on any atom is 0.407 e. The van der Waals surface area contributed by atoms with Crippen LogP contribution >= 0.6 is 0 Å². The lowest BCUT2D eigenvalue weighted by atomic mass is 10.0. The number of benzene rings is 2. The van der Waals surface area contributed by atoms with E-state index >= 15 is 0 Å². The largest absolute Gasteiger partial charge is 0.497 e. The molecule has 11 nitrogen and oxygen atoms in total. The van der Waals surface area contributed by atoms with Crippen LogP contribution in [0.5, 0.6) is 5.75 Å². The number of methoxy groups -OCH3 is 1. The summed E-state index contributed by atoms with van der Waals surface area (Å²) in [6.45, 7) is 3.66. The SMILES string of the molecule is CCC(C)ON(C[C@@H](O)[C@H](Cc1ccccc1)NC(=O)OC1COCOC1)S(=O)(=O)c1ccc(OC)cc1. The van der Waals surface area contributed by atoms with Crippen molar-refractivity contribution >= 4 is 16.1 Å². The molecular formula is C26H36N2O9S. The van der Waals surface area contributed by atoms with Crippen LogP contribution in [-0.2, 0) is 35.5 Å². The quantitative estimate of drug-likeness (QED) is 0.360. The highest BCUT2D eigenvalue weighted by Crippen LogP contribution is 2.22. The van der Waals surface area contributed by atoms with Gasteiger partial charge < -0.3 is 29.4 Å². The van der Waals surface area contributed by atoms with Crippen LogP contribution in [0.1, 0.15) is 25.8 Å². The van der Waals surface area contributed by atoms with Gasteiger partial charge in [0, 0.05) is 0 Å². The normalized spacial score (nSPS) is 17.0. The van der Waals surface area contributed by atoms with Crippen molar-refractivity contribution in [3.63, 3.8) is 0 Å². The van der Waals surface area contributed by atoms with Gasteiger partial charge in [0.2, 0.25) is 0 Å². The van der Waals surface area contributed by atoms with E-state index in [0.717, 1.165) is 10.0 Å². The molecule has 1 heterocycles. The van der Waals surface area contributed by atoms with Crippen molar-refractivity contribution in [2.45, 2.75) is 55.9 Å². The van der Waals surface area contributed by atoms with Crippen molar-refractivity contribution in [1.29, 1.82) is 0 Å².